The Morgan fingerprint density at radius 2 is 1.67 bits per heavy atom. The van der Waals surface area contributed by atoms with Gasteiger partial charge in [0.15, 0.2) is 0 Å². The minimum atomic E-state index is -0.0428. The third-order valence-electron chi connectivity index (χ3n) is 3.99. The van der Waals surface area contributed by atoms with Gasteiger partial charge in [-0.05, 0) is 50.5 Å². The number of ether oxygens (including phenoxy) is 1. The fraction of sp³-hybridized carbons (Fsp3) is 0.381. The highest BCUT2D eigenvalue weighted by Crippen LogP contribution is 2.18. The molecule has 0 bridgehead atoms. The van der Waals surface area contributed by atoms with E-state index in [1.165, 1.54) is 5.56 Å². The molecule has 0 radical (unpaired) electrons. The van der Waals surface area contributed by atoms with Crippen LogP contribution in [0.5, 0.6) is 0 Å². The maximum atomic E-state index is 12.5. The van der Waals surface area contributed by atoms with Gasteiger partial charge in [-0.15, -0.1) is 0 Å². The van der Waals surface area contributed by atoms with Crippen LogP contribution >= 0.6 is 0 Å². The summed E-state index contributed by atoms with van der Waals surface area (Å²) in [7, 11) is 0. The van der Waals surface area contributed by atoms with Crippen LogP contribution in [0.15, 0.2) is 48.5 Å². The van der Waals surface area contributed by atoms with Crippen molar-refractivity contribution >= 4 is 5.91 Å². The molecule has 2 rings (SSSR count). The largest absolute Gasteiger partial charge is 0.374 e. The van der Waals surface area contributed by atoms with Gasteiger partial charge >= 0.3 is 0 Å². The molecule has 0 unspecified atom stereocenters. The SMILES string of the molecule is CC[C@@H](NC(=O)c1ccc(COC(C)C)cc1)c1ccc(C)cc1. The summed E-state index contributed by atoms with van der Waals surface area (Å²) in [5.74, 6) is -0.0428. The van der Waals surface area contributed by atoms with Crippen LogP contribution in [0, 0.1) is 6.92 Å². The van der Waals surface area contributed by atoms with E-state index in [0.717, 1.165) is 17.5 Å². The molecule has 24 heavy (non-hydrogen) atoms. The molecular formula is C21H27NO2. The topological polar surface area (TPSA) is 38.3 Å². The Morgan fingerprint density at radius 3 is 2.21 bits per heavy atom. The summed E-state index contributed by atoms with van der Waals surface area (Å²) in [6, 6.07) is 16.0. The number of benzene rings is 2. The second-order valence-corrected chi connectivity index (χ2v) is 6.40. The molecule has 128 valence electrons. The van der Waals surface area contributed by atoms with Crippen molar-refractivity contribution in [2.24, 2.45) is 0 Å². The molecule has 3 nitrogen and oxygen atoms in total. The first-order valence-corrected chi connectivity index (χ1v) is 8.57. The molecule has 1 atom stereocenters. The Labute approximate surface area is 145 Å². The number of aryl methyl sites for hydroxylation is 1. The standard InChI is InChI=1S/C21H27NO2/c1-5-20(18-10-6-16(4)7-11-18)22-21(23)19-12-8-17(9-13-19)14-24-15(2)3/h6-13,15,20H,5,14H2,1-4H3,(H,22,23)/t20-/m1/s1. The van der Waals surface area contributed by atoms with Gasteiger partial charge in [-0.2, -0.15) is 0 Å². The fourth-order valence-corrected chi connectivity index (χ4v) is 2.48. The number of hydrogen-bond donors (Lipinski definition) is 1. The fourth-order valence-electron chi connectivity index (χ4n) is 2.48. The summed E-state index contributed by atoms with van der Waals surface area (Å²) in [6.07, 6.45) is 1.06. The average molecular weight is 325 g/mol. The number of carbonyl (C=O) groups is 1. The van der Waals surface area contributed by atoms with E-state index in [4.69, 9.17) is 4.74 Å². The molecule has 0 aliphatic rings. The van der Waals surface area contributed by atoms with Gasteiger partial charge < -0.3 is 10.1 Å². The quantitative estimate of drug-likeness (QED) is 0.794. The zero-order chi connectivity index (χ0) is 17.5. The van der Waals surface area contributed by atoms with Crippen molar-refractivity contribution in [3.63, 3.8) is 0 Å². The van der Waals surface area contributed by atoms with Crippen molar-refractivity contribution in [1.82, 2.24) is 5.32 Å². The number of carbonyl (C=O) groups excluding carboxylic acids is 1. The number of nitrogens with one attached hydrogen (secondary N) is 1. The van der Waals surface area contributed by atoms with E-state index in [2.05, 4.69) is 43.4 Å². The van der Waals surface area contributed by atoms with Crippen LogP contribution in [0.1, 0.15) is 60.3 Å². The molecule has 0 fully saturated rings. The summed E-state index contributed by atoms with van der Waals surface area (Å²) < 4.78 is 5.58. The Morgan fingerprint density at radius 1 is 1.04 bits per heavy atom. The molecule has 2 aromatic rings. The lowest BCUT2D eigenvalue weighted by atomic mass is 10.0. The predicted molar refractivity (Wildman–Crippen MR) is 98.0 cm³/mol. The molecule has 1 N–H and O–H groups in total. The highest BCUT2D eigenvalue weighted by molar-refractivity contribution is 5.94. The van der Waals surface area contributed by atoms with Crippen molar-refractivity contribution in [3.05, 3.63) is 70.8 Å². The van der Waals surface area contributed by atoms with Gasteiger partial charge in [0.2, 0.25) is 0 Å². The van der Waals surface area contributed by atoms with Gasteiger partial charge in [0.1, 0.15) is 0 Å². The molecule has 3 heteroatoms. The van der Waals surface area contributed by atoms with Gasteiger partial charge in [0, 0.05) is 5.56 Å². The minimum Gasteiger partial charge on any atom is -0.374 e. The van der Waals surface area contributed by atoms with E-state index in [1.807, 2.05) is 38.1 Å². The van der Waals surface area contributed by atoms with Gasteiger partial charge in [-0.1, -0.05) is 48.9 Å². The molecule has 0 saturated carbocycles. The van der Waals surface area contributed by atoms with Crippen LogP contribution in [0.4, 0.5) is 0 Å². The van der Waals surface area contributed by atoms with Crippen LogP contribution in [-0.4, -0.2) is 12.0 Å². The number of rotatable bonds is 7. The molecule has 1 amide bonds. The monoisotopic (exact) mass is 325 g/mol. The Kier molecular flexibility index (Phi) is 6.56. The highest BCUT2D eigenvalue weighted by Gasteiger charge is 2.14. The molecule has 0 heterocycles. The first kappa shape index (κ1) is 18.2. The zero-order valence-electron chi connectivity index (χ0n) is 15.0. The Bertz CT molecular complexity index is 645. The van der Waals surface area contributed by atoms with E-state index in [-0.39, 0.29) is 18.1 Å². The smallest absolute Gasteiger partial charge is 0.251 e. The highest BCUT2D eigenvalue weighted by atomic mass is 16.5. The van der Waals surface area contributed by atoms with Gasteiger partial charge in [-0.25, -0.2) is 0 Å². The average Bonchev–Trinajstić information content (AvgIpc) is 2.59. The van der Waals surface area contributed by atoms with Crippen LogP contribution in [0.2, 0.25) is 0 Å². The molecule has 0 aromatic heterocycles. The first-order chi connectivity index (χ1) is 11.5. The van der Waals surface area contributed by atoms with E-state index in [9.17, 15) is 4.79 Å². The Hall–Kier alpha value is -2.13. The van der Waals surface area contributed by atoms with Crippen molar-refractivity contribution in [2.45, 2.75) is 52.9 Å². The van der Waals surface area contributed by atoms with Crippen molar-refractivity contribution in [1.29, 1.82) is 0 Å². The van der Waals surface area contributed by atoms with Crippen LogP contribution in [-0.2, 0) is 11.3 Å². The summed E-state index contributed by atoms with van der Waals surface area (Å²) in [5, 5.41) is 3.12. The number of amides is 1. The van der Waals surface area contributed by atoms with Crippen LogP contribution in [0.3, 0.4) is 0 Å². The van der Waals surface area contributed by atoms with Crippen molar-refractivity contribution < 1.29 is 9.53 Å². The molecule has 0 saturated heterocycles. The summed E-state index contributed by atoms with van der Waals surface area (Å²) in [4.78, 5) is 12.5. The van der Waals surface area contributed by atoms with E-state index in [1.54, 1.807) is 0 Å². The lowest BCUT2D eigenvalue weighted by molar-refractivity contribution is 0.0656. The summed E-state index contributed by atoms with van der Waals surface area (Å²) >= 11 is 0. The van der Waals surface area contributed by atoms with E-state index < -0.39 is 0 Å². The third-order valence-corrected chi connectivity index (χ3v) is 3.99. The van der Waals surface area contributed by atoms with Crippen molar-refractivity contribution in [3.8, 4) is 0 Å². The van der Waals surface area contributed by atoms with Gasteiger partial charge in [0.25, 0.3) is 5.91 Å². The minimum absolute atomic E-state index is 0.0297. The van der Waals surface area contributed by atoms with Crippen LogP contribution in [0.25, 0.3) is 0 Å². The summed E-state index contributed by atoms with van der Waals surface area (Å²) in [5.41, 5.74) is 4.11. The molecular weight excluding hydrogens is 298 g/mol. The second-order valence-electron chi connectivity index (χ2n) is 6.40. The maximum Gasteiger partial charge on any atom is 0.251 e. The maximum absolute atomic E-state index is 12.5. The second kappa shape index (κ2) is 8.65. The normalized spacial score (nSPS) is 12.2. The molecule has 2 aromatic carbocycles. The van der Waals surface area contributed by atoms with Gasteiger partial charge in [0.05, 0.1) is 18.8 Å². The number of hydrogen-bond acceptors (Lipinski definition) is 2. The lowest BCUT2D eigenvalue weighted by Gasteiger charge is -2.18. The molecule has 0 spiro atoms. The molecule has 0 aliphatic carbocycles. The van der Waals surface area contributed by atoms with Crippen molar-refractivity contribution in [2.75, 3.05) is 0 Å². The lowest BCUT2D eigenvalue weighted by Crippen LogP contribution is -2.28. The van der Waals surface area contributed by atoms with Gasteiger partial charge in [-0.3, -0.25) is 4.79 Å². The summed E-state index contributed by atoms with van der Waals surface area (Å²) in [6.45, 7) is 8.74. The zero-order valence-corrected chi connectivity index (χ0v) is 15.0. The predicted octanol–water partition coefficient (Wildman–Crippen LogP) is 4.80. The Balaban J connectivity index is 2.01. The van der Waals surface area contributed by atoms with Crippen LogP contribution < -0.4 is 5.32 Å². The third kappa shape index (κ3) is 5.20. The van der Waals surface area contributed by atoms with E-state index in [0.29, 0.717) is 12.2 Å². The first-order valence-electron chi connectivity index (χ1n) is 8.57. The van der Waals surface area contributed by atoms with E-state index >= 15 is 0 Å². The molecule has 0 aliphatic heterocycles.